The molecule has 1 heterocycles. The third kappa shape index (κ3) is 4.36. The lowest BCUT2D eigenvalue weighted by Gasteiger charge is -2.41. The summed E-state index contributed by atoms with van der Waals surface area (Å²) in [7, 11) is 0. The van der Waals surface area contributed by atoms with Gasteiger partial charge in [-0.15, -0.1) is 0 Å². The molecule has 0 aromatic rings. The van der Waals surface area contributed by atoms with E-state index in [2.05, 4.69) is 37.8 Å². The van der Waals surface area contributed by atoms with Crippen molar-refractivity contribution in [2.45, 2.75) is 70.0 Å². The van der Waals surface area contributed by atoms with Crippen molar-refractivity contribution in [3.63, 3.8) is 0 Å². The van der Waals surface area contributed by atoms with Crippen LogP contribution in [0.2, 0.25) is 0 Å². The Morgan fingerprint density at radius 2 is 2.05 bits per heavy atom. The Morgan fingerprint density at radius 1 is 1.30 bits per heavy atom. The fraction of sp³-hybridized carbons (Fsp3) is 1.00. The van der Waals surface area contributed by atoms with Gasteiger partial charge in [0.15, 0.2) is 5.79 Å². The summed E-state index contributed by atoms with van der Waals surface area (Å²) in [5.41, 5.74) is 0. The Bertz CT molecular complexity index is 282. The van der Waals surface area contributed by atoms with Crippen molar-refractivity contribution in [1.82, 2.24) is 5.32 Å². The average Bonchev–Trinajstić information content (AvgIpc) is 2.92. The predicted molar refractivity (Wildman–Crippen MR) is 86.3 cm³/mol. The molecule has 2 aliphatic rings. The Balaban J connectivity index is 1.91. The summed E-state index contributed by atoms with van der Waals surface area (Å²) >= 11 is 2.13. The maximum atomic E-state index is 5.93. The standard InChI is InChI=1S/C16H31NO2S/c1-4-8-17-14-6-7-16(18-9-10-19-16)11-15(14)20-12-13(3)5-2/h13-15,17H,4-12H2,1-3H3. The van der Waals surface area contributed by atoms with Crippen LogP contribution in [0.4, 0.5) is 0 Å². The maximum Gasteiger partial charge on any atom is 0.169 e. The van der Waals surface area contributed by atoms with Crippen LogP contribution in [0.3, 0.4) is 0 Å². The van der Waals surface area contributed by atoms with Gasteiger partial charge in [-0.25, -0.2) is 0 Å². The highest BCUT2D eigenvalue weighted by Gasteiger charge is 2.45. The van der Waals surface area contributed by atoms with E-state index in [4.69, 9.17) is 9.47 Å². The lowest BCUT2D eigenvalue weighted by Crippen LogP contribution is -2.50. The van der Waals surface area contributed by atoms with Gasteiger partial charge in [0.1, 0.15) is 0 Å². The zero-order valence-electron chi connectivity index (χ0n) is 13.3. The van der Waals surface area contributed by atoms with Crippen molar-refractivity contribution < 1.29 is 9.47 Å². The number of nitrogens with one attached hydrogen (secondary N) is 1. The van der Waals surface area contributed by atoms with Gasteiger partial charge in [0.25, 0.3) is 0 Å². The quantitative estimate of drug-likeness (QED) is 0.780. The maximum absolute atomic E-state index is 5.93. The molecule has 0 amide bonds. The molecule has 20 heavy (non-hydrogen) atoms. The van der Waals surface area contributed by atoms with E-state index in [1.54, 1.807) is 0 Å². The van der Waals surface area contributed by atoms with Gasteiger partial charge in [-0.05, 0) is 31.1 Å². The minimum Gasteiger partial charge on any atom is -0.347 e. The van der Waals surface area contributed by atoms with E-state index in [0.29, 0.717) is 11.3 Å². The SMILES string of the molecule is CCCNC1CCC2(CC1SCC(C)CC)OCCO2. The first-order valence-electron chi connectivity index (χ1n) is 8.32. The summed E-state index contributed by atoms with van der Waals surface area (Å²) in [6.07, 6.45) is 5.75. The molecule has 0 aromatic carbocycles. The third-order valence-electron chi connectivity index (χ3n) is 4.56. The summed E-state index contributed by atoms with van der Waals surface area (Å²) in [4.78, 5) is 0. The zero-order chi connectivity index (χ0) is 14.4. The molecule has 1 saturated heterocycles. The molecule has 1 aliphatic heterocycles. The van der Waals surface area contributed by atoms with Crippen molar-refractivity contribution in [3.05, 3.63) is 0 Å². The fourth-order valence-corrected chi connectivity index (χ4v) is 4.66. The van der Waals surface area contributed by atoms with E-state index in [1.807, 2.05) is 0 Å². The molecule has 1 aliphatic carbocycles. The molecule has 4 heteroatoms. The van der Waals surface area contributed by atoms with Crippen molar-refractivity contribution in [3.8, 4) is 0 Å². The lowest BCUT2D eigenvalue weighted by molar-refractivity contribution is -0.178. The molecule has 2 fully saturated rings. The van der Waals surface area contributed by atoms with Crippen molar-refractivity contribution in [2.75, 3.05) is 25.5 Å². The number of rotatable bonds is 7. The first-order valence-corrected chi connectivity index (χ1v) is 9.37. The highest BCUT2D eigenvalue weighted by molar-refractivity contribution is 7.99. The number of hydrogen-bond donors (Lipinski definition) is 1. The predicted octanol–water partition coefficient (Wildman–Crippen LogP) is 3.43. The average molecular weight is 301 g/mol. The van der Waals surface area contributed by atoms with Crippen molar-refractivity contribution in [1.29, 1.82) is 0 Å². The van der Waals surface area contributed by atoms with Crippen LogP contribution in [0.1, 0.15) is 52.9 Å². The molecular formula is C16H31NO2S. The summed E-state index contributed by atoms with van der Waals surface area (Å²) in [6, 6.07) is 0.627. The Kier molecular flexibility index (Phi) is 6.66. The molecule has 0 radical (unpaired) electrons. The largest absolute Gasteiger partial charge is 0.347 e. The van der Waals surface area contributed by atoms with Crippen LogP contribution in [-0.4, -0.2) is 42.6 Å². The van der Waals surface area contributed by atoms with Crippen molar-refractivity contribution in [2.24, 2.45) is 5.92 Å². The zero-order valence-corrected chi connectivity index (χ0v) is 14.1. The molecule has 2 rings (SSSR count). The first kappa shape index (κ1) is 16.6. The van der Waals surface area contributed by atoms with E-state index in [0.717, 1.165) is 38.5 Å². The molecule has 0 bridgehead atoms. The minimum atomic E-state index is -0.252. The van der Waals surface area contributed by atoms with Crippen molar-refractivity contribution >= 4 is 11.8 Å². The summed E-state index contributed by atoms with van der Waals surface area (Å²) < 4.78 is 11.9. The van der Waals surface area contributed by atoms with E-state index >= 15 is 0 Å². The van der Waals surface area contributed by atoms with Gasteiger partial charge in [-0.2, -0.15) is 11.8 Å². The molecule has 1 saturated carbocycles. The second-order valence-electron chi connectivity index (χ2n) is 6.30. The smallest absolute Gasteiger partial charge is 0.169 e. The Labute approximate surface area is 128 Å². The van der Waals surface area contributed by atoms with E-state index in [1.165, 1.54) is 25.0 Å². The fourth-order valence-electron chi connectivity index (χ4n) is 3.02. The van der Waals surface area contributed by atoms with Gasteiger partial charge in [0.05, 0.1) is 13.2 Å². The third-order valence-corrected chi connectivity index (χ3v) is 6.24. The molecule has 3 atom stereocenters. The van der Waals surface area contributed by atoms with Gasteiger partial charge in [0.2, 0.25) is 0 Å². The molecule has 1 N–H and O–H groups in total. The monoisotopic (exact) mass is 301 g/mol. The van der Waals surface area contributed by atoms with Crippen LogP contribution in [0.25, 0.3) is 0 Å². The van der Waals surface area contributed by atoms with Crippen LogP contribution in [0.15, 0.2) is 0 Å². The van der Waals surface area contributed by atoms with Crippen LogP contribution in [0.5, 0.6) is 0 Å². The van der Waals surface area contributed by atoms with Crippen LogP contribution < -0.4 is 5.32 Å². The summed E-state index contributed by atoms with van der Waals surface area (Å²) in [6.45, 7) is 9.54. The van der Waals surface area contributed by atoms with Gasteiger partial charge < -0.3 is 14.8 Å². The summed E-state index contributed by atoms with van der Waals surface area (Å²) in [5.74, 6) is 1.80. The van der Waals surface area contributed by atoms with Crippen LogP contribution in [0, 0.1) is 5.92 Å². The highest BCUT2D eigenvalue weighted by Crippen LogP contribution is 2.41. The molecule has 3 nitrogen and oxygen atoms in total. The van der Waals surface area contributed by atoms with Gasteiger partial charge >= 0.3 is 0 Å². The minimum absolute atomic E-state index is 0.252. The molecular weight excluding hydrogens is 270 g/mol. The molecule has 0 aromatic heterocycles. The molecule has 1 spiro atoms. The number of thioether (sulfide) groups is 1. The first-order chi connectivity index (χ1) is 9.69. The van der Waals surface area contributed by atoms with Crippen LogP contribution >= 0.6 is 11.8 Å². The summed E-state index contributed by atoms with van der Waals surface area (Å²) in [5, 5.41) is 4.36. The van der Waals surface area contributed by atoms with Crippen LogP contribution in [-0.2, 0) is 9.47 Å². The molecule has 3 unspecified atom stereocenters. The second-order valence-corrected chi connectivity index (χ2v) is 7.57. The number of ether oxygens (including phenoxy) is 2. The Hall–Kier alpha value is 0.230. The normalized spacial score (nSPS) is 30.8. The topological polar surface area (TPSA) is 30.5 Å². The number of hydrogen-bond acceptors (Lipinski definition) is 4. The van der Waals surface area contributed by atoms with Gasteiger partial charge in [-0.1, -0.05) is 27.2 Å². The molecule has 118 valence electrons. The second kappa shape index (κ2) is 8.02. The highest BCUT2D eigenvalue weighted by atomic mass is 32.2. The van der Waals surface area contributed by atoms with E-state index in [9.17, 15) is 0 Å². The van der Waals surface area contributed by atoms with Gasteiger partial charge in [0, 0.05) is 24.1 Å². The van der Waals surface area contributed by atoms with E-state index < -0.39 is 0 Å². The van der Waals surface area contributed by atoms with E-state index in [-0.39, 0.29) is 5.79 Å². The lowest BCUT2D eigenvalue weighted by atomic mass is 9.89. The Morgan fingerprint density at radius 3 is 2.70 bits per heavy atom. The van der Waals surface area contributed by atoms with Gasteiger partial charge in [-0.3, -0.25) is 0 Å².